The topological polar surface area (TPSA) is 46.2 Å². The maximum atomic E-state index is 8.50. The number of rotatable bonds is 1. The summed E-state index contributed by atoms with van der Waals surface area (Å²) in [6.07, 6.45) is -0.370. The summed E-state index contributed by atoms with van der Waals surface area (Å²) in [5, 5.41) is 8.50. The van der Waals surface area contributed by atoms with Crippen LogP contribution in [0.25, 0.3) is 0 Å². The second-order valence-electron chi connectivity index (χ2n) is 1.60. The van der Waals surface area contributed by atoms with Crippen molar-refractivity contribution < 1.29 is 5.11 Å². The lowest BCUT2D eigenvalue weighted by atomic mass is 10.2. The lowest BCUT2D eigenvalue weighted by Gasteiger charge is -2.04. The van der Waals surface area contributed by atoms with Crippen molar-refractivity contribution in [2.75, 3.05) is 0 Å². The average Bonchev–Trinajstić information content (AvgIpc) is 1.36. The molecule has 0 saturated carbocycles. The van der Waals surface area contributed by atoms with E-state index in [2.05, 4.69) is 0 Å². The van der Waals surface area contributed by atoms with Gasteiger partial charge in [0.05, 0.1) is 6.10 Å². The first kappa shape index (κ1) is 15.7. The summed E-state index contributed by atoms with van der Waals surface area (Å²) in [7, 11) is 0. The van der Waals surface area contributed by atoms with Gasteiger partial charge in [0, 0.05) is 6.04 Å². The zero-order valence-electron chi connectivity index (χ0n) is 4.18. The molecule has 2 heteroatoms. The van der Waals surface area contributed by atoms with Gasteiger partial charge in [0.2, 0.25) is 0 Å². The van der Waals surface area contributed by atoms with E-state index in [9.17, 15) is 0 Å². The van der Waals surface area contributed by atoms with Crippen LogP contribution in [0.2, 0.25) is 0 Å². The molecule has 0 aliphatic rings. The fourth-order valence-corrected chi connectivity index (χ4v) is 0. The Morgan fingerprint density at radius 3 is 1.38 bits per heavy atom. The van der Waals surface area contributed by atoms with Crippen molar-refractivity contribution in [2.24, 2.45) is 5.73 Å². The van der Waals surface area contributed by atoms with E-state index in [1.54, 1.807) is 13.8 Å². The van der Waals surface area contributed by atoms with Gasteiger partial charge < -0.3 is 10.8 Å². The molecule has 3 N–H and O–H groups in total. The van der Waals surface area contributed by atoms with Crippen LogP contribution in [0.3, 0.4) is 0 Å². The van der Waals surface area contributed by atoms with E-state index in [-0.39, 0.29) is 27.0 Å². The molecule has 0 aromatic rings. The fraction of sp³-hybridized carbons (Fsp3) is 1.00. The Bertz CT molecular complexity index is 29.5. The highest BCUT2D eigenvalue weighted by Crippen LogP contribution is 1.81. The molecule has 0 rings (SSSR count). The third kappa shape index (κ3) is 9.33. The number of nitrogens with two attached hydrogens (primary N) is 1. The Hall–Kier alpha value is -0.0800. The van der Waals surface area contributed by atoms with Crippen molar-refractivity contribution in [3.63, 3.8) is 0 Å². The standard InChI is InChI=1S/C4H11NO.2CH4/c1-3(5)4(2)6;;/h3-4,6H,5H2,1-2H3;2*1H4. The highest BCUT2D eigenvalue weighted by atomic mass is 16.3. The molecule has 0 aromatic heterocycles. The van der Waals surface area contributed by atoms with Gasteiger partial charge in [0.1, 0.15) is 0 Å². The molecule has 0 fully saturated rings. The Labute approximate surface area is 52.7 Å². The minimum atomic E-state index is -0.370. The summed E-state index contributed by atoms with van der Waals surface area (Å²) in [5.74, 6) is 0. The maximum absolute atomic E-state index is 8.50. The van der Waals surface area contributed by atoms with Crippen LogP contribution in [0.5, 0.6) is 0 Å². The van der Waals surface area contributed by atoms with Crippen LogP contribution >= 0.6 is 0 Å². The number of hydrogen-bond acceptors (Lipinski definition) is 2. The summed E-state index contributed by atoms with van der Waals surface area (Å²) >= 11 is 0. The molecule has 2 atom stereocenters. The summed E-state index contributed by atoms with van der Waals surface area (Å²) in [4.78, 5) is 0. The largest absolute Gasteiger partial charge is 0.392 e. The molecule has 0 saturated heterocycles. The third-order valence-corrected chi connectivity index (χ3v) is 0.761. The van der Waals surface area contributed by atoms with Gasteiger partial charge in [-0.05, 0) is 13.8 Å². The zero-order chi connectivity index (χ0) is 5.15. The molecule has 0 aliphatic carbocycles. The van der Waals surface area contributed by atoms with Gasteiger partial charge in [0.15, 0.2) is 0 Å². The Balaban J connectivity index is -0.000000125. The molecular weight excluding hydrogens is 102 g/mol. The number of aliphatic hydroxyl groups is 1. The monoisotopic (exact) mass is 121 g/mol. The molecular formula is C6H19NO. The van der Waals surface area contributed by atoms with Crippen molar-refractivity contribution in [2.45, 2.75) is 40.8 Å². The van der Waals surface area contributed by atoms with Crippen LogP contribution in [0.15, 0.2) is 0 Å². The van der Waals surface area contributed by atoms with Gasteiger partial charge in [-0.3, -0.25) is 0 Å². The Morgan fingerprint density at radius 2 is 1.38 bits per heavy atom. The maximum Gasteiger partial charge on any atom is 0.0660 e. The highest BCUT2D eigenvalue weighted by Gasteiger charge is 1.97. The molecule has 2 nitrogen and oxygen atoms in total. The lowest BCUT2D eigenvalue weighted by Crippen LogP contribution is -2.28. The van der Waals surface area contributed by atoms with Crippen LogP contribution < -0.4 is 5.73 Å². The third-order valence-electron chi connectivity index (χ3n) is 0.761. The first-order valence-electron chi connectivity index (χ1n) is 2.08. The van der Waals surface area contributed by atoms with E-state index in [0.29, 0.717) is 0 Å². The Morgan fingerprint density at radius 1 is 1.25 bits per heavy atom. The molecule has 0 spiro atoms. The van der Waals surface area contributed by atoms with E-state index in [1.807, 2.05) is 0 Å². The second-order valence-corrected chi connectivity index (χ2v) is 1.60. The molecule has 0 heterocycles. The predicted octanol–water partition coefficient (Wildman–Crippen LogP) is 0.987. The fourth-order valence-electron chi connectivity index (χ4n) is 0. The summed E-state index contributed by atoms with van der Waals surface area (Å²) < 4.78 is 0. The smallest absolute Gasteiger partial charge is 0.0660 e. The minimum Gasteiger partial charge on any atom is -0.392 e. The van der Waals surface area contributed by atoms with E-state index in [0.717, 1.165) is 0 Å². The SMILES string of the molecule is C.C.CC(N)C(C)O. The van der Waals surface area contributed by atoms with Crippen molar-refractivity contribution in [3.8, 4) is 0 Å². The van der Waals surface area contributed by atoms with Gasteiger partial charge in [-0.2, -0.15) is 0 Å². The van der Waals surface area contributed by atoms with Crippen LogP contribution in [-0.4, -0.2) is 17.3 Å². The summed E-state index contributed by atoms with van der Waals surface area (Å²) in [6, 6.07) is -0.0926. The van der Waals surface area contributed by atoms with Crippen molar-refractivity contribution in [3.05, 3.63) is 0 Å². The van der Waals surface area contributed by atoms with Crippen LogP contribution in [0.1, 0.15) is 28.7 Å². The van der Waals surface area contributed by atoms with Crippen molar-refractivity contribution in [1.82, 2.24) is 0 Å². The van der Waals surface area contributed by atoms with E-state index in [1.165, 1.54) is 0 Å². The molecule has 54 valence electrons. The quantitative estimate of drug-likeness (QED) is 0.543. The van der Waals surface area contributed by atoms with Gasteiger partial charge >= 0.3 is 0 Å². The first-order chi connectivity index (χ1) is 2.64. The molecule has 8 heavy (non-hydrogen) atoms. The molecule has 0 radical (unpaired) electrons. The van der Waals surface area contributed by atoms with Crippen LogP contribution in [0, 0.1) is 0 Å². The minimum absolute atomic E-state index is 0. The van der Waals surface area contributed by atoms with E-state index in [4.69, 9.17) is 10.8 Å². The first-order valence-corrected chi connectivity index (χ1v) is 2.08. The zero-order valence-corrected chi connectivity index (χ0v) is 4.18. The number of aliphatic hydroxyl groups excluding tert-OH is 1. The van der Waals surface area contributed by atoms with Crippen LogP contribution in [0.4, 0.5) is 0 Å². The van der Waals surface area contributed by atoms with Crippen LogP contribution in [-0.2, 0) is 0 Å². The van der Waals surface area contributed by atoms with Crippen molar-refractivity contribution >= 4 is 0 Å². The number of hydrogen-bond donors (Lipinski definition) is 2. The molecule has 0 aliphatic heterocycles. The second kappa shape index (κ2) is 6.92. The lowest BCUT2D eigenvalue weighted by molar-refractivity contribution is 0.170. The average molecular weight is 121 g/mol. The highest BCUT2D eigenvalue weighted by molar-refractivity contribution is 4.57. The Kier molecular flexibility index (Phi) is 13.6. The van der Waals surface area contributed by atoms with E-state index < -0.39 is 0 Å². The molecule has 0 amide bonds. The van der Waals surface area contributed by atoms with Gasteiger partial charge in [-0.25, -0.2) is 0 Å². The summed E-state index contributed by atoms with van der Waals surface area (Å²) in [5.41, 5.74) is 5.19. The normalized spacial score (nSPS) is 15.0. The molecule has 0 aromatic carbocycles. The van der Waals surface area contributed by atoms with Gasteiger partial charge in [-0.15, -0.1) is 0 Å². The predicted molar refractivity (Wildman–Crippen MR) is 38.8 cm³/mol. The van der Waals surface area contributed by atoms with Gasteiger partial charge in [0.25, 0.3) is 0 Å². The molecule has 0 bridgehead atoms. The van der Waals surface area contributed by atoms with Crippen molar-refractivity contribution in [1.29, 1.82) is 0 Å². The summed E-state index contributed by atoms with van der Waals surface area (Å²) in [6.45, 7) is 3.44. The van der Waals surface area contributed by atoms with Gasteiger partial charge in [-0.1, -0.05) is 14.9 Å². The molecule has 2 unspecified atom stereocenters. The van der Waals surface area contributed by atoms with E-state index >= 15 is 0 Å².